The second kappa shape index (κ2) is 4.53. The molecule has 1 fully saturated rings. The molecule has 1 atom stereocenters. The third kappa shape index (κ3) is 2.02. The van der Waals surface area contributed by atoms with E-state index < -0.39 is 0 Å². The first kappa shape index (κ1) is 11.0. The minimum Gasteiger partial charge on any atom is -0.507 e. The molecular formula is C12H16N2O2. The van der Waals surface area contributed by atoms with Crippen LogP contribution in [0.5, 0.6) is 5.75 Å². The first-order valence-electron chi connectivity index (χ1n) is 5.50. The van der Waals surface area contributed by atoms with Crippen molar-refractivity contribution in [1.29, 1.82) is 0 Å². The van der Waals surface area contributed by atoms with Crippen molar-refractivity contribution in [3.8, 4) is 5.75 Å². The third-order valence-electron chi connectivity index (χ3n) is 2.90. The fraction of sp³-hybridized carbons (Fsp3) is 0.417. The van der Waals surface area contributed by atoms with E-state index >= 15 is 0 Å². The van der Waals surface area contributed by atoms with E-state index in [-0.39, 0.29) is 17.7 Å². The Morgan fingerprint density at radius 1 is 1.50 bits per heavy atom. The summed E-state index contributed by atoms with van der Waals surface area (Å²) in [6.07, 6.45) is 0. The first-order valence-corrected chi connectivity index (χ1v) is 5.50. The van der Waals surface area contributed by atoms with Gasteiger partial charge in [-0.25, -0.2) is 0 Å². The lowest BCUT2D eigenvalue weighted by Gasteiger charge is -2.34. The molecule has 1 saturated heterocycles. The fourth-order valence-electron chi connectivity index (χ4n) is 1.95. The van der Waals surface area contributed by atoms with Gasteiger partial charge in [0, 0.05) is 25.7 Å². The number of phenolic OH excluding ortho intramolecular Hbond substituents is 1. The van der Waals surface area contributed by atoms with Crippen LogP contribution in [0.1, 0.15) is 17.3 Å². The number of hydrogen-bond donors (Lipinski definition) is 2. The highest BCUT2D eigenvalue weighted by atomic mass is 16.3. The Morgan fingerprint density at radius 3 is 2.94 bits per heavy atom. The van der Waals surface area contributed by atoms with Crippen LogP contribution in [0.2, 0.25) is 0 Å². The lowest BCUT2D eigenvalue weighted by atomic mass is 10.1. The Labute approximate surface area is 94.9 Å². The summed E-state index contributed by atoms with van der Waals surface area (Å²) in [5.74, 6) is -0.0367. The zero-order valence-corrected chi connectivity index (χ0v) is 9.31. The predicted octanol–water partition coefficient (Wildman–Crippen LogP) is 0.826. The Balaban J connectivity index is 2.21. The molecule has 1 aromatic carbocycles. The van der Waals surface area contributed by atoms with Crippen LogP contribution < -0.4 is 5.32 Å². The van der Waals surface area contributed by atoms with Gasteiger partial charge in [-0.3, -0.25) is 4.79 Å². The van der Waals surface area contributed by atoms with Crippen molar-refractivity contribution in [2.24, 2.45) is 0 Å². The highest BCUT2D eigenvalue weighted by molar-refractivity contribution is 5.97. The molecule has 0 unspecified atom stereocenters. The number of nitrogens with zero attached hydrogens (tertiary/aromatic N) is 1. The SMILES string of the molecule is C[C@@H]1CNCCN1C(=O)c1ccccc1O. The normalized spacial score (nSPS) is 20.8. The summed E-state index contributed by atoms with van der Waals surface area (Å²) >= 11 is 0. The number of phenols is 1. The van der Waals surface area contributed by atoms with Gasteiger partial charge in [0.15, 0.2) is 0 Å². The van der Waals surface area contributed by atoms with Crippen molar-refractivity contribution >= 4 is 5.91 Å². The maximum atomic E-state index is 12.2. The van der Waals surface area contributed by atoms with Gasteiger partial charge in [0.25, 0.3) is 5.91 Å². The molecular weight excluding hydrogens is 204 g/mol. The van der Waals surface area contributed by atoms with E-state index in [9.17, 15) is 9.90 Å². The molecule has 4 nitrogen and oxygen atoms in total. The summed E-state index contributed by atoms with van der Waals surface area (Å²) in [5.41, 5.74) is 0.385. The van der Waals surface area contributed by atoms with Gasteiger partial charge in [-0.2, -0.15) is 0 Å². The molecule has 1 aromatic rings. The molecule has 1 aliphatic heterocycles. The quantitative estimate of drug-likeness (QED) is 0.737. The average Bonchev–Trinajstić information content (AvgIpc) is 2.29. The van der Waals surface area contributed by atoms with Crippen molar-refractivity contribution in [3.05, 3.63) is 29.8 Å². The number of piperazine rings is 1. The zero-order chi connectivity index (χ0) is 11.5. The van der Waals surface area contributed by atoms with Gasteiger partial charge in [-0.05, 0) is 19.1 Å². The molecule has 4 heteroatoms. The summed E-state index contributed by atoms with van der Waals surface area (Å²) in [6, 6.07) is 6.85. The number of rotatable bonds is 1. The Kier molecular flexibility index (Phi) is 3.10. The Hall–Kier alpha value is -1.55. The number of carbonyl (C=O) groups is 1. The fourth-order valence-corrected chi connectivity index (χ4v) is 1.95. The average molecular weight is 220 g/mol. The second-order valence-corrected chi connectivity index (χ2v) is 4.07. The van der Waals surface area contributed by atoms with E-state index in [1.165, 1.54) is 0 Å². The van der Waals surface area contributed by atoms with E-state index in [1.54, 1.807) is 29.2 Å². The summed E-state index contributed by atoms with van der Waals surface area (Å²) < 4.78 is 0. The highest BCUT2D eigenvalue weighted by Crippen LogP contribution is 2.19. The minimum atomic E-state index is -0.0906. The van der Waals surface area contributed by atoms with Crippen molar-refractivity contribution in [2.45, 2.75) is 13.0 Å². The van der Waals surface area contributed by atoms with E-state index in [1.807, 2.05) is 6.92 Å². The molecule has 1 heterocycles. The molecule has 0 aliphatic carbocycles. The van der Waals surface area contributed by atoms with Gasteiger partial charge in [-0.1, -0.05) is 12.1 Å². The summed E-state index contributed by atoms with van der Waals surface area (Å²) in [7, 11) is 0. The number of para-hydroxylation sites is 1. The maximum Gasteiger partial charge on any atom is 0.257 e. The van der Waals surface area contributed by atoms with Crippen molar-refractivity contribution in [2.75, 3.05) is 19.6 Å². The van der Waals surface area contributed by atoms with Crippen molar-refractivity contribution in [1.82, 2.24) is 10.2 Å². The zero-order valence-electron chi connectivity index (χ0n) is 9.31. The molecule has 0 aromatic heterocycles. The first-order chi connectivity index (χ1) is 7.70. The van der Waals surface area contributed by atoms with Crippen LogP contribution in [0, 0.1) is 0 Å². The van der Waals surface area contributed by atoms with Gasteiger partial charge in [0.1, 0.15) is 5.75 Å². The highest BCUT2D eigenvalue weighted by Gasteiger charge is 2.25. The summed E-state index contributed by atoms with van der Waals surface area (Å²) in [6.45, 7) is 4.31. The number of hydrogen-bond acceptors (Lipinski definition) is 3. The number of amides is 1. The summed E-state index contributed by atoms with van der Waals surface area (Å²) in [5, 5.41) is 12.9. The molecule has 1 amide bonds. The third-order valence-corrected chi connectivity index (χ3v) is 2.90. The molecule has 86 valence electrons. The van der Waals surface area contributed by atoms with Crippen LogP contribution in [0.15, 0.2) is 24.3 Å². The Bertz CT molecular complexity index is 392. The molecule has 2 rings (SSSR count). The molecule has 16 heavy (non-hydrogen) atoms. The molecule has 0 bridgehead atoms. The monoisotopic (exact) mass is 220 g/mol. The van der Waals surface area contributed by atoms with Crippen LogP contribution in [0.4, 0.5) is 0 Å². The largest absolute Gasteiger partial charge is 0.507 e. The lowest BCUT2D eigenvalue weighted by molar-refractivity contribution is 0.0653. The lowest BCUT2D eigenvalue weighted by Crippen LogP contribution is -2.52. The van der Waals surface area contributed by atoms with Crippen LogP contribution in [-0.4, -0.2) is 41.6 Å². The molecule has 0 radical (unpaired) electrons. The molecule has 1 aliphatic rings. The van der Waals surface area contributed by atoms with Crippen LogP contribution in [-0.2, 0) is 0 Å². The molecule has 0 spiro atoms. The number of benzene rings is 1. The minimum absolute atomic E-state index is 0.0539. The van der Waals surface area contributed by atoms with Crippen LogP contribution in [0.3, 0.4) is 0 Å². The van der Waals surface area contributed by atoms with E-state index in [0.717, 1.165) is 13.1 Å². The van der Waals surface area contributed by atoms with Gasteiger partial charge < -0.3 is 15.3 Å². The van der Waals surface area contributed by atoms with E-state index in [2.05, 4.69) is 5.32 Å². The van der Waals surface area contributed by atoms with Crippen molar-refractivity contribution in [3.63, 3.8) is 0 Å². The molecule has 0 saturated carbocycles. The number of carbonyl (C=O) groups excluding carboxylic acids is 1. The van der Waals surface area contributed by atoms with E-state index in [4.69, 9.17) is 0 Å². The standard InChI is InChI=1S/C12H16N2O2/c1-9-8-13-6-7-14(9)12(16)10-4-2-3-5-11(10)15/h2-5,9,13,15H,6-8H2,1H3/t9-/m1/s1. The second-order valence-electron chi connectivity index (χ2n) is 4.07. The van der Waals surface area contributed by atoms with Crippen molar-refractivity contribution < 1.29 is 9.90 Å². The smallest absolute Gasteiger partial charge is 0.257 e. The summed E-state index contributed by atoms with van der Waals surface area (Å²) in [4.78, 5) is 14.0. The van der Waals surface area contributed by atoms with Crippen LogP contribution >= 0.6 is 0 Å². The van der Waals surface area contributed by atoms with E-state index in [0.29, 0.717) is 12.1 Å². The maximum absolute atomic E-state index is 12.2. The van der Waals surface area contributed by atoms with Crippen LogP contribution in [0.25, 0.3) is 0 Å². The van der Waals surface area contributed by atoms with Gasteiger partial charge in [-0.15, -0.1) is 0 Å². The molecule has 2 N–H and O–H groups in total. The van der Waals surface area contributed by atoms with Gasteiger partial charge in [0.05, 0.1) is 5.56 Å². The topological polar surface area (TPSA) is 52.6 Å². The predicted molar refractivity (Wildman–Crippen MR) is 61.5 cm³/mol. The number of nitrogens with one attached hydrogen (secondary N) is 1. The van der Waals surface area contributed by atoms with Gasteiger partial charge in [0.2, 0.25) is 0 Å². The van der Waals surface area contributed by atoms with Gasteiger partial charge >= 0.3 is 0 Å². The number of aromatic hydroxyl groups is 1. The Morgan fingerprint density at radius 2 is 2.25 bits per heavy atom.